The zero-order valence-electron chi connectivity index (χ0n) is 17.1. The van der Waals surface area contributed by atoms with Crippen LogP contribution in [0, 0.1) is 11.3 Å². The maximum atomic E-state index is 8.87. The van der Waals surface area contributed by atoms with Gasteiger partial charge in [-0.2, -0.15) is 5.26 Å². The number of nitrogens with zero attached hydrogens (tertiary/aromatic N) is 1. The summed E-state index contributed by atoms with van der Waals surface area (Å²) in [5.41, 5.74) is -1.41. The third-order valence-corrected chi connectivity index (χ3v) is 6.32. The second-order valence-corrected chi connectivity index (χ2v) is 9.36. The van der Waals surface area contributed by atoms with E-state index in [1.807, 2.05) is 0 Å². The Morgan fingerprint density at radius 1 is 0.800 bits per heavy atom. The molecular weight excluding hydrogens is 316 g/mol. The normalized spacial score (nSPS) is 27.3. The molecule has 0 radical (unpaired) electrons. The molecule has 0 bridgehead atoms. The minimum atomic E-state index is -0.360. The van der Waals surface area contributed by atoms with Crippen LogP contribution in [0.5, 0.6) is 0 Å². The molecular formula is C18H33B2NO4. The van der Waals surface area contributed by atoms with Gasteiger partial charge in [0.2, 0.25) is 0 Å². The highest BCUT2D eigenvalue weighted by Gasteiger charge is 2.56. The minimum absolute atomic E-state index is 0.129. The predicted octanol–water partition coefficient (Wildman–Crippen LogP) is 4.23. The molecule has 0 aromatic rings. The summed E-state index contributed by atoms with van der Waals surface area (Å²) >= 11 is 0. The van der Waals surface area contributed by atoms with Crippen LogP contribution in [-0.4, -0.2) is 36.6 Å². The minimum Gasteiger partial charge on any atom is -0.403 e. The van der Waals surface area contributed by atoms with Gasteiger partial charge in [-0.3, -0.25) is 0 Å². The zero-order chi connectivity index (χ0) is 19.1. The average molecular weight is 349 g/mol. The summed E-state index contributed by atoms with van der Waals surface area (Å²) in [6, 6.07) is 2.22. The van der Waals surface area contributed by atoms with E-state index >= 15 is 0 Å². The molecule has 0 aromatic heterocycles. The first-order chi connectivity index (χ1) is 11.3. The summed E-state index contributed by atoms with van der Waals surface area (Å²) in [6.45, 7) is 16.5. The Morgan fingerprint density at radius 2 is 1.24 bits per heavy atom. The predicted molar refractivity (Wildman–Crippen MR) is 100 cm³/mol. The Labute approximate surface area is 154 Å². The van der Waals surface area contributed by atoms with Gasteiger partial charge in [0.25, 0.3) is 0 Å². The van der Waals surface area contributed by atoms with Crippen molar-refractivity contribution in [3.8, 4) is 6.07 Å². The molecule has 2 saturated heterocycles. The number of hydrogen-bond acceptors (Lipinski definition) is 5. The lowest BCUT2D eigenvalue weighted by Gasteiger charge is -2.32. The van der Waals surface area contributed by atoms with Crippen LogP contribution in [0.3, 0.4) is 0 Å². The Hall–Kier alpha value is -0.540. The van der Waals surface area contributed by atoms with Gasteiger partial charge in [0.15, 0.2) is 0 Å². The smallest absolute Gasteiger partial charge is 0.403 e. The van der Waals surface area contributed by atoms with Crippen LogP contribution >= 0.6 is 0 Å². The third kappa shape index (κ3) is 4.24. The van der Waals surface area contributed by atoms with Crippen molar-refractivity contribution in [3.63, 3.8) is 0 Å². The number of rotatable bonds is 6. The molecule has 25 heavy (non-hydrogen) atoms. The van der Waals surface area contributed by atoms with Gasteiger partial charge in [0, 0.05) is 6.42 Å². The van der Waals surface area contributed by atoms with Crippen molar-refractivity contribution in [2.75, 3.05) is 0 Å². The molecule has 2 rings (SSSR count). The molecule has 2 aliphatic rings. The van der Waals surface area contributed by atoms with Gasteiger partial charge in [-0.1, -0.05) is 6.42 Å². The Morgan fingerprint density at radius 3 is 1.68 bits per heavy atom. The summed E-state index contributed by atoms with van der Waals surface area (Å²) in [7, 11) is -0.584. The fraction of sp³-hybridized carbons (Fsp3) is 0.944. The number of nitriles is 1. The largest absolute Gasteiger partial charge is 0.460 e. The Bertz CT molecular complexity index is 496. The molecule has 0 saturated carbocycles. The third-order valence-electron chi connectivity index (χ3n) is 6.32. The fourth-order valence-electron chi connectivity index (χ4n) is 3.20. The van der Waals surface area contributed by atoms with Gasteiger partial charge in [0.1, 0.15) is 0 Å². The van der Waals surface area contributed by atoms with Crippen molar-refractivity contribution in [1.82, 2.24) is 0 Å². The first-order valence-electron chi connectivity index (χ1n) is 9.39. The summed E-state index contributed by atoms with van der Waals surface area (Å²) < 4.78 is 24.8. The maximum Gasteiger partial charge on any atom is 0.460 e. The number of hydrogen-bond donors (Lipinski definition) is 0. The van der Waals surface area contributed by atoms with E-state index in [-0.39, 0.29) is 42.5 Å². The first kappa shape index (κ1) is 20.8. The molecule has 2 fully saturated rings. The highest BCUT2D eigenvalue weighted by atomic mass is 16.7. The molecule has 0 aromatic carbocycles. The van der Waals surface area contributed by atoms with Crippen LogP contribution < -0.4 is 0 Å². The molecule has 0 spiro atoms. The summed E-state index contributed by atoms with van der Waals surface area (Å²) in [5.74, 6) is 0.129. The van der Waals surface area contributed by atoms with E-state index in [2.05, 4.69) is 61.5 Å². The molecule has 5 nitrogen and oxygen atoms in total. The average Bonchev–Trinajstić information content (AvgIpc) is 2.77. The van der Waals surface area contributed by atoms with E-state index < -0.39 is 0 Å². The van der Waals surface area contributed by atoms with Crippen molar-refractivity contribution in [2.45, 2.75) is 109 Å². The first-order valence-corrected chi connectivity index (χ1v) is 9.39. The molecule has 2 heterocycles. The lowest BCUT2D eigenvalue weighted by Crippen LogP contribution is -2.41. The van der Waals surface area contributed by atoms with Crippen LogP contribution in [0.1, 0.15) is 74.7 Å². The Balaban J connectivity index is 2.09. The maximum absolute atomic E-state index is 8.87. The molecule has 0 amide bonds. The van der Waals surface area contributed by atoms with Crippen molar-refractivity contribution in [1.29, 1.82) is 5.26 Å². The van der Waals surface area contributed by atoms with Gasteiger partial charge in [-0.25, -0.2) is 0 Å². The van der Waals surface area contributed by atoms with Crippen molar-refractivity contribution in [3.05, 3.63) is 0 Å². The lowest BCUT2D eigenvalue weighted by atomic mass is 9.59. The van der Waals surface area contributed by atoms with Gasteiger partial charge < -0.3 is 18.6 Å². The fourth-order valence-corrected chi connectivity index (χ4v) is 3.20. The van der Waals surface area contributed by atoms with E-state index in [1.165, 1.54) is 0 Å². The summed E-state index contributed by atoms with van der Waals surface area (Å²) in [6.07, 6.45) is 2.92. The van der Waals surface area contributed by atoms with E-state index in [4.69, 9.17) is 23.9 Å². The van der Waals surface area contributed by atoms with E-state index in [1.54, 1.807) is 0 Å². The van der Waals surface area contributed by atoms with Crippen molar-refractivity contribution >= 4 is 14.2 Å². The second-order valence-electron chi connectivity index (χ2n) is 9.36. The highest BCUT2D eigenvalue weighted by Crippen LogP contribution is 2.45. The topological polar surface area (TPSA) is 60.7 Å². The van der Waals surface area contributed by atoms with Crippen molar-refractivity contribution < 1.29 is 18.6 Å². The molecule has 0 N–H and O–H groups in total. The van der Waals surface area contributed by atoms with Crippen LogP contribution in [0.2, 0.25) is 12.1 Å². The molecule has 0 aliphatic carbocycles. The zero-order valence-corrected chi connectivity index (χ0v) is 17.1. The van der Waals surface area contributed by atoms with Gasteiger partial charge in [0.05, 0.1) is 28.5 Å². The molecule has 1 atom stereocenters. The molecule has 2 aliphatic heterocycles. The van der Waals surface area contributed by atoms with Crippen LogP contribution in [0.15, 0.2) is 0 Å². The monoisotopic (exact) mass is 349 g/mol. The molecule has 1 unspecified atom stereocenters. The standard InChI is InChI=1S/C18H33B2NO4/c1-15(2)16(3,4)23-19(22-15)13-14(11-9-10-12-21)20-24-17(5,6)18(7,8)25-20/h14H,9-11,13H2,1-8H3. The molecule has 7 heteroatoms. The van der Waals surface area contributed by atoms with Crippen molar-refractivity contribution in [2.24, 2.45) is 0 Å². The lowest BCUT2D eigenvalue weighted by molar-refractivity contribution is 0.00578. The van der Waals surface area contributed by atoms with E-state index in [0.29, 0.717) is 12.7 Å². The van der Waals surface area contributed by atoms with Gasteiger partial charge >= 0.3 is 14.2 Å². The Kier molecular flexibility index (Phi) is 5.72. The van der Waals surface area contributed by atoms with E-state index in [9.17, 15) is 0 Å². The highest BCUT2D eigenvalue weighted by molar-refractivity contribution is 6.53. The van der Waals surface area contributed by atoms with Gasteiger partial charge in [-0.05, 0) is 73.9 Å². The molecule has 140 valence electrons. The van der Waals surface area contributed by atoms with Crippen LogP contribution in [-0.2, 0) is 18.6 Å². The number of unbranched alkanes of at least 4 members (excludes halogenated alkanes) is 1. The van der Waals surface area contributed by atoms with Crippen LogP contribution in [0.4, 0.5) is 0 Å². The summed E-state index contributed by atoms with van der Waals surface area (Å²) in [4.78, 5) is 0. The van der Waals surface area contributed by atoms with E-state index in [0.717, 1.165) is 12.8 Å². The summed E-state index contributed by atoms with van der Waals surface area (Å²) in [5, 5.41) is 8.87. The van der Waals surface area contributed by atoms with Crippen LogP contribution in [0.25, 0.3) is 0 Å². The quantitative estimate of drug-likeness (QED) is 0.530. The van der Waals surface area contributed by atoms with Gasteiger partial charge in [-0.15, -0.1) is 0 Å². The second kappa shape index (κ2) is 6.88. The SMILES string of the molecule is CC1(C)OB(CC(CCCC#N)B2OC(C)(C)C(C)(C)O2)OC1(C)C.